The fourth-order valence-corrected chi connectivity index (χ4v) is 0.974. The molecular weight excluding hydrogens is 182 g/mol. The van der Waals surface area contributed by atoms with Crippen molar-refractivity contribution in [3.63, 3.8) is 0 Å². The van der Waals surface area contributed by atoms with Crippen LogP contribution < -0.4 is 5.32 Å². The van der Waals surface area contributed by atoms with Crippen LogP contribution in [-0.2, 0) is 11.3 Å². The van der Waals surface area contributed by atoms with E-state index in [0.717, 1.165) is 0 Å². The predicted octanol–water partition coefficient (Wildman–Crippen LogP) is 0.678. The van der Waals surface area contributed by atoms with Crippen molar-refractivity contribution in [1.82, 2.24) is 20.2 Å². The Morgan fingerprint density at radius 2 is 2.29 bits per heavy atom. The highest BCUT2D eigenvalue weighted by Gasteiger charge is 2.08. The number of carbonyl (C=O) groups is 1. The molecular formula is C8H15N5O. The van der Waals surface area contributed by atoms with Crippen LogP contribution in [0.15, 0.2) is 0 Å². The first kappa shape index (κ1) is 10.6. The summed E-state index contributed by atoms with van der Waals surface area (Å²) in [4.78, 5) is 12.7. The SMILES string of the molecule is CCn1nnc(NC(=O)CC(C)C)n1. The summed E-state index contributed by atoms with van der Waals surface area (Å²) in [6.07, 6.45) is 0.473. The summed E-state index contributed by atoms with van der Waals surface area (Å²) in [6.45, 7) is 6.51. The Morgan fingerprint density at radius 3 is 2.79 bits per heavy atom. The molecule has 0 spiro atoms. The Morgan fingerprint density at radius 1 is 1.57 bits per heavy atom. The summed E-state index contributed by atoms with van der Waals surface area (Å²) in [5, 5.41) is 13.9. The molecule has 0 aliphatic heterocycles. The van der Waals surface area contributed by atoms with Crippen LogP contribution >= 0.6 is 0 Å². The maximum atomic E-state index is 11.3. The van der Waals surface area contributed by atoms with Gasteiger partial charge in [0.2, 0.25) is 5.91 Å². The Kier molecular flexibility index (Phi) is 3.55. The number of aryl methyl sites for hydroxylation is 1. The zero-order valence-electron chi connectivity index (χ0n) is 8.69. The summed E-state index contributed by atoms with van der Waals surface area (Å²) in [6, 6.07) is 0. The van der Waals surface area contributed by atoms with Crippen molar-refractivity contribution in [2.75, 3.05) is 5.32 Å². The van der Waals surface area contributed by atoms with Crippen LogP contribution in [0, 0.1) is 5.92 Å². The third-order valence-electron chi connectivity index (χ3n) is 1.58. The molecule has 1 heterocycles. The van der Waals surface area contributed by atoms with Crippen LogP contribution in [0.4, 0.5) is 5.95 Å². The number of carbonyl (C=O) groups excluding carboxylic acids is 1. The molecule has 0 unspecified atom stereocenters. The molecule has 6 nitrogen and oxygen atoms in total. The van der Waals surface area contributed by atoms with Gasteiger partial charge < -0.3 is 0 Å². The molecule has 0 saturated heterocycles. The Balaban J connectivity index is 2.47. The van der Waals surface area contributed by atoms with Gasteiger partial charge in [0.1, 0.15) is 0 Å². The molecule has 6 heteroatoms. The van der Waals surface area contributed by atoms with E-state index in [0.29, 0.717) is 18.9 Å². The average Bonchev–Trinajstić information content (AvgIpc) is 2.50. The van der Waals surface area contributed by atoms with E-state index in [4.69, 9.17) is 0 Å². The molecule has 0 bridgehead atoms. The lowest BCUT2D eigenvalue weighted by molar-refractivity contribution is -0.116. The van der Waals surface area contributed by atoms with Crippen molar-refractivity contribution in [3.8, 4) is 0 Å². The van der Waals surface area contributed by atoms with E-state index in [9.17, 15) is 4.79 Å². The molecule has 0 atom stereocenters. The highest BCUT2D eigenvalue weighted by molar-refractivity contribution is 5.88. The van der Waals surface area contributed by atoms with Crippen LogP contribution in [0.2, 0.25) is 0 Å². The lowest BCUT2D eigenvalue weighted by atomic mass is 10.1. The maximum absolute atomic E-state index is 11.3. The summed E-state index contributed by atoms with van der Waals surface area (Å²) in [5.41, 5.74) is 0. The number of hydrogen-bond acceptors (Lipinski definition) is 4. The van der Waals surface area contributed by atoms with E-state index in [1.807, 2.05) is 20.8 Å². The standard InChI is InChI=1S/C8H15N5O/c1-4-13-11-8(10-12-13)9-7(14)5-6(2)3/h6H,4-5H2,1-3H3,(H,9,11,14). The third-order valence-corrected chi connectivity index (χ3v) is 1.58. The van der Waals surface area contributed by atoms with Gasteiger partial charge in [-0.3, -0.25) is 10.1 Å². The van der Waals surface area contributed by atoms with Crippen molar-refractivity contribution in [2.45, 2.75) is 33.7 Å². The molecule has 0 fully saturated rings. The van der Waals surface area contributed by atoms with Crippen LogP contribution in [-0.4, -0.2) is 26.1 Å². The van der Waals surface area contributed by atoms with Crippen molar-refractivity contribution in [3.05, 3.63) is 0 Å². The molecule has 1 aromatic heterocycles. The Bertz CT molecular complexity index is 306. The van der Waals surface area contributed by atoms with Gasteiger partial charge in [0.25, 0.3) is 5.95 Å². The van der Waals surface area contributed by atoms with Crippen LogP contribution in [0.25, 0.3) is 0 Å². The molecule has 14 heavy (non-hydrogen) atoms. The minimum absolute atomic E-state index is 0.0735. The van der Waals surface area contributed by atoms with Gasteiger partial charge in [-0.25, -0.2) is 0 Å². The van der Waals surface area contributed by atoms with Gasteiger partial charge in [-0.15, -0.1) is 5.10 Å². The number of hydrogen-bond donors (Lipinski definition) is 1. The van der Waals surface area contributed by atoms with Gasteiger partial charge in [0, 0.05) is 6.42 Å². The zero-order valence-corrected chi connectivity index (χ0v) is 8.69. The highest BCUT2D eigenvalue weighted by atomic mass is 16.1. The van der Waals surface area contributed by atoms with Crippen molar-refractivity contribution in [2.24, 2.45) is 5.92 Å². The first-order chi connectivity index (χ1) is 6.61. The first-order valence-electron chi connectivity index (χ1n) is 4.69. The van der Waals surface area contributed by atoms with Crippen molar-refractivity contribution < 1.29 is 4.79 Å². The quantitative estimate of drug-likeness (QED) is 0.770. The molecule has 0 aromatic carbocycles. The molecule has 0 aliphatic rings. The molecule has 1 aromatic rings. The lowest BCUT2D eigenvalue weighted by Crippen LogP contribution is -2.15. The monoisotopic (exact) mass is 197 g/mol. The fraction of sp³-hybridized carbons (Fsp3) is 0.750. The largest absolute Gasteiger partial charge is 0.292 e. The minimum Gasteiger partial charge on any atom is -0.292 e. The molecule has 1 rings (SSSR count). The summed E-state index contributed by atoms with van der Waals surface area (Å²) >= 11 is 0. The second-order valence-corrected chi connectivity index (χ2v) is 3.45. The normalized spacial score (nSPS) is 10.6. The second kappa shape index (κ2) is 4.69. The summed E-state index contributed by atoms with van der Waals surface area (Å²) in [7, 11) is 0. The van der Waals surface area contributed by atoms with Crippen molar-refractivity contribution >= 4 is 11.9 Å². The number of anilines is 1. The van der Waals surface area contributed by atoms with Gasteiger partial charge >= 0.3 is 0 Å². The predicted molar refractivity (Wildman–Crippen MR) is 51.6 cm³/mol. The molecule has 1 N–H and O–H groups in total. The third kappa shape index (κ3) is 3.12. The van der Waals surface area contributed by atoms with Crippen LogP contribution in [0.1, 0.15) is 27.2 Å². The molecule has 0 aliphatic carbocycles. The van der Waals surface area contributed by atoms with E-state index in [-0.39, 0.29) is 11.9 Å². The Labute approximate surface area is 82.7 Å². The van der Waals surface area contributed by atoms with Gasteiger partial charge in [0.15, 0.2) is 0 Å². The summed E-state index contributed by atoms with van der Waals surface area (Å²) in [5.74, 6) is 0.532. The Hall–Kier alpha value is -1.46. The lowest BCUT2D eigenvalue weighted by Gasteiger charge is -2.02. The number of nitrogens with one attached hydrogen (secondary N) is 1. The van der Waals surface area contributed by atoms with E-state index >= 15 is 0 Å². The number of rotatable bonds is 4. The molecule has 78 valence electrons. The van der Waals surface area contributed by atoms with Crippen LogP contribution in [0.5, 0.6) is 0 Å². The van der Waals surface area contributed by atoms with Gasteiger partial charge in [-0.05, 0) is 18.1 Å². The minimum atomic E-state index is -0.0735. The van der Waals surface area contributed by atoms with Crippen molar-refractivity contribution in [1.29, 1.82) is 0 Å². The molecule has 1 amide bonds. The smallest absolute Gasteiger partial charge is 0.270 e. The van der Waals surface area contributed by atoms with Gasteiger partial charge in [-0.2, -0.15) is 4.80 Å². The van der Waals surface area contributed by atoms with Gasteiger partial charge in [0.05, 0.1) is 6.54 Å². The number of tetrazole rings is 1. The van der Waals surface area contributed by atoms with Crippen LogP contribution in [0.3, 0.4) is 0 Å². The zero-order chi connectivity index (χ0) is 10.6. The first-order valence-corrected chi connectivity index (χ1v) is 4.69. The average molecular weight is 197 g/mol. The molecule has 0 radical (unpaired) electrons. The van der Waals surface area contributed by atoms with E-state index in [1.54, 1.807) is 0 Å². The number of amides is 1. The number of aromatic nitrogens is 4. The van der Waals surface area contributed by atoms with E-state index in [2.05, 4.69) is 20.7 Å². The topological polar surface area (TPSA) is 72.7 Å². The summed E-state index contributed by atoms with van der Waals surface area (Å²) < 4.78 is 0. The van der Waals surface area contributed by atoms with E-state index < -0.39 is 0 Å². The van der Waals surface area contributed by atoms with Gasteiger partial charge in [-0.1, -0.05) is 18.9 Å². The fourth-order valence-electron chi connectivity index (χ4n) is 0.974. The highest BCUT2D eigenvalue weighted by Crippen LogP contribution is 2.02. The number of nitrogens with zero attached hydrogens (tertiary/aromatic N) is 4. The maximum Gasteiger partial charge on any atom is 0.270 e. The molecule has 0 saturated carbocycles. The van der Waals surface area contributed by atoms with E-state index in [1.165, 1.54) is 4.80 Å². The second-order valence-electron chi connectivity index (χ2n) is 3.45.